The van der Waals surface area contributed by atoms with Crippen molar-refractivity contribution in [1.29, 1.82) is 0 Å². The SMILES string of the molecule is CCC(C)(O)C(O)c1cc(C)ccc1C. The Bertz CT molecular complexity index is 342. The van der Waals surface area contributed by atoms with Crippen LogP contribution in [0.2, 0.25) is 0 Å². The van der Waals surface area contributed by atoms with E-state index in [-0.39, 0.29) is 0 Å². The van der Waals surface area contributed by atoms with Crippen molar-refractivity contribution < 1.29 is 10.2 Å². The van der Waals surface area contributed by atoms with E-state index in [9.17, 15) is 10.2 Å². The monoisotopic (exact) mass is 208 g/mol. The molecule has 0 spiro atoms. The van der Waals surface area contributed by atoms with Gasteiger partial charge in [0.2, 0.25) is 0 Å². The summed E-state index contributed by atoms with van der Waals surface area (Å²) in [7, 11) is 0. The maximum atomic E-state index is 10.1. The number of aliphatic hydroxyl groups excluding tert-OH is 1. The van der Waals surface area contributed by atoms with Gasteiger partial charge in [-0.05, 0) is 38.3 Å². The van der Waals surface area contributed by atoms with Crippen LogP contribution in [0.25, 0.3) is 0 Å². The standard InChI is InChI=1S/C13H20O2/c1-5-13(4,15)12(14)11-8-9(2)6-7-10(11)3/h6-8,12,14-15H,5H2,1-4H3. The van der Waals surface area contributed by atoms with Crippen LogP contribution in [0.1, 0.15) is 43.1 Å². The molecular formula is C13H20O2. The first kappa shape index (κ1) is 12.2. The predicted octanol–water partition coefficient (Wildman–Crippen LogP) is 2.50. The summed E-state index contributed by atoms with van der Waals surface area (Å²) in [6.45, 7) is 7.47. The molecule has 1 rings (SSSR count). The number of aliphatic hydroxyl groups is 2. The Labute approximate surface area is 91.6 Å². The van der Waals surface area contributed by atoms with E-state index in [0.29, 0.717) is 6.42 Å². The van der Waals surface area contributed by atoms with E-state index in [1.807, 2.05) is 39.0 Å². The Morgan fingerprint density at radius 3 is 2.47 bits per heavy atom. The fourth-order valence-corrected chi connectivity index (χ4v) is 1.58. The van der Waals surface area contributed by atoms with Crippen molar-refractivity contribution in [1.82, 2.24) is 0 Å². The molecule has 15 heavy (non-hydrogen) atoms. The molecule has 0 bridgehead atoms. The van der Waals surface area contributed by atoms with Gasteiger partial charge in [0, 0.05) is 0 Å². The molecule has 2 nitrogen and oxygen atoms in total. The maximum absolute atomic E-state index is 10.1. The summed E-state index contributed by atoms with van der Waals surface area (Å²) in [5.41, 5.74) is 1.88. The van der Waals surface area contributed by atoms with Gasteiger partial charge in [-0.15, -0.1) is 0 Å². The second-order valence-corrected chi connectivity index (χ2v) is 4.47. The lowest BCUT2D eigenvalue weighted by molar-refractivity contribution is -0.0661. The molecule has 1 aromatic carbocycles. The van der Waals surface area contributed by atoms with Crippen LogP contribution in [0.15, 0.2) is 18.2 Å². The molecule has 0 amide bonds. The van der Waals surface area contributed by atoms with Gasteiger partial charge in [-0.1, -0.05) is 30.7 Å². The first-order valence-electron chi connectivity index (χ1n) is 5.36. The van der Waals surface area contributed by atoms with Gasteiger partial charge >= 0.3 is 0 Å². The van der Waals surface area contributed by atoms with Crippen LogP contribution in [0.3, 0.4) is 0 Å². The minimum atomic E-state index is -1.06. The fraction of sp³-hybridized carbons (Fsp3) is 0.538. The van der Waals surface area contributed by atoms with Gasteiger partial charge in [-0.3, -0.25) is 0 Å². The van der Waals surface area contributed by atoms with E-state index < -0.39 is 11.7 Å². The van der Waals surface area contributed by atoms with Crippen LogP contribution < -0.4 is 0 Å². The van der Waals surface area contributed by atoms with Gasteiger partial charge in [0.05, 0.1) is 5.60 Å². The van der Waals surface area contributed by atoms with Crippen molar-refractivity contribution in [2.75, 3.05) is 0 Å². The van der Waals surface area contributed by atoms with Crippen molar-refractivity contribution in [2.24, 2.45) is 0 Å². The molecule has 0 aliphatic carbocycles. The third kappa shape index (κ3) is 2.58. The van der Waals surface area contributed by atoms with Gasteiger partial charge in [0.15, 0.2) is 0 Å². The van der Waals surface area contributed by atoms with E-state index in [1.54, 1.807) is 6.92 Å². The quantitative estimate of drug-likeness (QED) is 0.801. The summed E-state index contributed by atoms with van der Waals surface area (Å²) in [6, 6.07) is 5.91. The molecule has 0 saturated carbocycles. The molecular weight excluding hydrogens is 188 g/mol. The van der Waals surface area contributed by atoms with Crippen LogP contribution in [0, 0.1) is 13.8 Å². The minimum absolute atomic E-state index is 0.529. The Kier molecular flexibility index (Phi) is 3.53. The summed E-state index contributed by atoms with van der Waals surface area (Å²) in [5, 5.41) is 20.1. The van der Waals surface area contributed by atoms with E-state index >= 15 is 0 Å². The third-order valence-electron chi connectivity index (χ3n) is 3.03. The Morgan fingerprint density at radius 2 is 1.93 bits per heavy atom. The normalized spacial score (nSPS) is 17.2. The van der Waals surface area contributed by atoms with E-state index in [1.165, 1.54) is 0 Å². The van der Waals surface area contributed by atoms with Crippen molar-refractivity contribution in [2.45, 2.75) is 45.8 Å². The molecule has 0 aromatic heterocycles. The number of hydrogen-bond donors (Lipinski definition) is 2. The molecule has 0 aliphatic heterocycles. The van der Waals surface area contributed by atoms with E-state index in [4.69, 9.17) is 0 Å². The summed E-state index contributed by atoms with van der Waals surface area (Å²) >= 11 is 0. The van der Waals surface area contributed by atoms with Crippen LogP contribution >= 0.6 is 0 Å². The molecule has 2 N–H and O–H groups in total. The molecule has 2 unspecified atom stereocenters. The zero-order valence-corrected chi connectivity index (χ0v) is 9.91. The summed E-state index contributed by atoms with van der Waals surface area (Å²) < 4.78 is 0. The molecule has 0 radical (unpaired) electrons. The van der Waals surface area contributed by atoms with Crippen LogP contribution in [0.4, 0.5) is 0 Å². The molecule has 0 saturated heterocycles. The smallest absolute Gasteiger partial charge is 0.108 e. The lowest BCUT2D eigenvalue weighted by atomic mass is 9.88. The van der Waals surface area contributed by atoms with Gasteiger partial charge in [0.25, 0.3) is 0 Å². The molecule has 1 aromatic rings. The molecule has 2 atom stereocenters. The molecule has 0 aliphatic rings. The fourth-order valence-electron chi connectivity index (χ4n) is 1.58. The molecule has 0 fully saturated rings. The van der Waals surface area contributed by atoms with Gasteiger partial charge in [-0.25, -0.2) is 0 Å². The summed E-state index contributed by atoms with van der Waals surface area (Å²) in [4.78, 5) is 0. The van der Waals surface area contributed by atoms with E-state index in [0.717, 1.165) is 16.7 Å². The largest absolute Gasteiger partial charge is 0.387 e. The first-order chi connectivity index (χ1) is 6.88. The van der Waals surface area contributed by atoms with Crippen LogP contribution in [-0.2, 0) is 0 Å². The highest BCUT2D eigenvalue weighted by Gasteiger charge is 2.30. The Balaban J connectivity index is 3.10. The van der Waals surface area contributed by atoms with Crippen molar-refractivity contribution in [3.05, 3.63) is 34.9 Å². The zero-order chi connectivity index (χ0) is 11.6. The lowest BCUT2D eigenvalue weighted by Gasteiger charge is -2.29. The molecule has 84 valence electrons. The Hall–Kier alpha value is -0.860. The number of rotatable bonds is 3. The second-order valence-electron chi connectivity index (χ2n) is 4.47. The van der Waals surface area contributed by atoms with Crippen molar-refractivity contribution >= 4 is 0 Å². The van der Waals surface area contributed by atoms with Gasteiger partial charge in [-0.2, -0.15) is 0 Å². The third-order valence-corrected chi connectivity index (χ3v) is 3.03. The zero-order valence-electron chi connectivity index (χ0n) is 9.91. The average Bonchev–Trinajstić information content (AvgIpc) is 2.20. The topological polar surface area (TPSA) is 40.5 Å². The Morgan fingerprint density at radius 1 is 1.33 bits per heavy atom. The average molecular weight is 208 g/mol. The van der Waals surface area contributed by atoms with E-state index in [2.05, 4.69) is 0 Å². The number of aryl methyl sites for hydroxylation is 2. The van der Waals surface area contributed by atoms with Crippen molar-refractivity contribution in [3.63, 3.8) is 0 Å². The summed E-state index contributed by atoms with van der Waals surface area (Å²) in [6.07, 6.45) is -0.288. The number of hydrogen-bond acceptors (Lipinski definition) is 2. The lowest BCUT2D eigenvalue weighted by Crippen LogP contribution is -2.32. The highest BCUT2D eigenvalue weighted by atomic mass is 16.3. The first-order valence-corrected chi connectivity index (χ1v) is 5.36. The number of benzene rings is 1. The summed E-state index contributed by atoms with van der Waals surface area (Å²) in [5.74, 6) is 0. The van der Waals surface area contributed by atoms with Crippen molar-refractivity contribution in [3.8, 4) is 0 Å². The highest BCUT2D eigenvalue weighted by molar-refractivity contribution is 5.33. The minimum Gasteiger partial charge on any atom is -0.387 e. The molecule has 0 heterocycles. The second kappa shape index (κ2) is 4.33. The van der Waals surface area contributed by atoms with Gasteiger partial charge in [0.1, 0.15) is 6.10 Å². The van der Waals surface area contributed by atoms with Crippen LogP contribution in [0.5, 0.6) is 0 Å². The molecule has 2 heteroatoms. The highest BCUT2D eigenvalue weighted by Crippen LogP contribution is 2.30. The van der Waals surface area contributed by atoms with Gasteiger partial charge < -0.3 is 10.2 Å². The van der Waals surface area contributed by atoms with Crippen LogP contribution in [-0.4, -0.2) is 15.8 Å². The maximum Gasteiger partial charge on any atom is 0.108 e. The predicted molar refractivity (Wildman–Crippen MR) is 61.8 cm³/mol.